The Kier molecular flexibility index (Phi) is 2.12. The van der Waals surface area contributed by atoms with E-state index in [1.165, 1.54) is 11.5 Å². The van der Waals surface area contributed by atoms with Crippen LogP contribution in [0, 0.1) is 11.8 Å². The van der Waals surface area contributed by atoms with Crippen molar-refractivity contribution < 1.29 is 5.21 Å². The molecule has 0 aromatic carbocycles. The average Bonchev–Trinajstić information content (AvgIpc) is 2.37. The van der Waals surface area contributed by atoms with Crippen molar-refractivity contribution in [2.45, 2.75) is 25.3 Å². The molecule has 2 fully saturated rings. The Morgan fingerprint density at radius 3 is 2.91 bits per heavy atom. The number of hydrogen-bond acceptors (Lipinski definition) is 3. The van der Waals surface area contributed by atoms with E-state index in [2.05, 4.69) is 12.6 Å². The molecule has 3 atom stereocenters. The molecule has 11 heavy (non-hydrogen) atoms. The molecule has 1 aliphatic heterocycles. The zero-order chi connectivity index (χ0) is 7.84. The highest BCUT2D eigenvalue weighted by Crippen LogP contribution is 2.40. The Morgan fingerprint density at radius 2 is 2.27 bits per heavy atom. The molecule has 2 nitrogen and oxygen atoms in total. The van der Waals surface area contributed by atoms with Gasteiger partial charge in [0.05, 0.1) is 0 Å². The Balaban J connectivity index is 2.03. The molecular weight excluding hydrogens is 158 g/mol. The summed E-state index contributed by atoms with van der Waals surface area (Å²) in [5, 5.41) is 10.9. The van der Waals surface area contributed by atoms with Gasteiger partial charge >= 0.3 is 0 Å². The number of fused-ring (bicyclic) bond motifs is 2. The average molecular weight is 173 g/mol. The Hall–Kier alpha value is 0.270. The summed E-state index contributed by atoms with van der Waals surface area (Å²) in [4.78, 5) is 0. The van der Waals surface area contributed by atoms with Gasteiger partial charge in [0, 0.05) is 12.6 Å². The Labute approximate surface area is 72.9 Å². The third-order valence-electron chi connectivity index (χ3n) is 3.20. The molecule has 1 saturated heterocycles. The van der Waals surface area contributed by atoms with Crippen molar-refractivity contribution in [3.63, 3.8) is 0 Å². The van der Waals surface area contributed by atoms with E-state index >= 15 is 0 Å². The van der Waals surface area contributed by atoms with Crippen LogP contribution in [0.15, 0.2) is 0 Å². The minimum atomic E-state index is 0.450. The van der Waals surface area contributed by atoms with Crippen LogP contribution in [-0.4, -0.2) is 28.6 Å². The van der Waals surface area contributed by atoms with E-state index in [1.807, 2.05) is 0 Å². The quantitative estimate of drug-likeness (QED) is 0.586. The summed E-state index contributed by atoms with van der Waals surface area (Å²) in [7, 11) is 0. The van der Waals surface area contributed by atoms with Gasteiger partial charge in [0.15, 0.2) is 0 Å². The largest absolute Gasteiger partial charge is 0.314 e. The van der Waals surface area contributed by atoms with Crippen LogP contribution in [0.5, 0.6) is 0 Å². The third kappa shape index (κ3) is 1.30. The van der Waals surface area contributed by atoms with Crippen LogP contribution in [0.4, 0.5) is 0 Å². The van der Waals surface area contributed by atoms with Gasteiger partial charge in [-0.3, -0.25) is 0 Å². The van der Waals surface area contributed by atoms with Gasteiger partial charge in [-0.1, -0.05) is 0 Å². The zero-order valence-electron chi connectivity index (χ0n) is 6.61. The Morgan fingerprint density at radius 1 is 1.45 bits per heavy atom. The first kappa shape index (κ1) is 7.90. The van der Waals surface area contributed by atoms with Gasteiger partial charge in [-0.25, -0.2) is 0 Å². The van der Waals surface area contributed by atoms with E-state index in [9.17, 15) is 5.21 Å². The normalized spacial score (nSPS) is 44.7. The highest BCUT2D eigenvalue weighted by atomic mass is 32.1. The van der Waals surface area contributed by atoms with Gasteiger partial charge in [0.1, 0.15) is 0 Å². The number of hydrogen-bond donors (Lipinski definition) is 2. The molecule has 0 spiro atoms. The molecule has 0 amide bonds. The first-order valence-corrected chi connectivity index (χ1v) is 5.01. The van der Waals surface area contributed by atoms with E-state index in [0.29, 0.717) is 6.04 Å². The minimum Gasteiger partial charge on any atom is -0.314 e. The molecule has 1 heterocycles. The second kappa shape index (κ2) is 2.96. The lowest BCUT2D eigenvalue weighted by Crippen LogP contribution is -2.34. The number of hydroxylamine groups is 2. The van der Waals surface area contributed by atoms with Crippen molar-refractivity contribution in [2.75, 3.05) is 12.3 Å². The van der Waals surface area contributed by atoms with Crippen LogP contribution in [-0.2, 0) is 0 Å². The van der Waals surface area contributed by atoms with Crippen molar-refractivity contribution >= 4 is 12.6 Å². The standard InChI is InChI=1S/C8H15NOS/c10-9-2-1-6-3-8(9)4-7(6)5-11/h6-8,10-11H,1-5H2/t6-,7?,8?/m1/s1. The predicted octanol–water partition coefficient (Wildman–Crippen LogP) is 1.41. The lowest BCUT2D eigenvalue weighted by Gasteiger charge is -2.27. The topological polar surface area (TPSA) is 23.5 Å². The maximum Gasteiger partial charge on any atom is 0.0356 e. The van der Waals surface area contributed by atoms with Crippen LogP contribution in [0.2, 0.25) is 0 Å². The summed E-state index contributed by atoms with van der Waals surface area (Å²) in [6.07, 6.45) is 3.52. The smallest absolute Gasteiger partial charge is 0.0356 e. The lowest BCUT2D eigenvalue weighted by molar-refractivity contribution is -0.137. The number of piperidine rings is 1. The van der Waals surface area contributed by atoms with Crippen LogP contribution in [0.3, 0.4) is 0 Å². The molecule has 1 saturated carbocycles. The fraction of sp³-hybridized carbons (Fsp3) is 1.00. The van der Waals surface area contributed by atoms with Gasteiger partial charge in [-0.2, -0.15) is 17.7 Å². The fourth-order valence-corrected chi connectivity index (χ4v) is 2.93. The number of thiol groups is 1. The second-order valence-corrected chi connectivity index (χ2v) is 4.14. The summed E-state index contributed by atoms with van der Waals surface area (Å²) in [6.45, 7) is 0.875. The van der Waals surface area contributed by atoms with Crippen LogP contribution in [0.1, 0.15) is 19.3 Å². The monoisotopic (exact) mass is 173 g/mol. The summed E-state index contributed by atoms with van der Waals surface area (Å²) >= 11 is 4.33. The summed E-state index contributed by atoms with van der Waals surface area (Å²) in [6, 6.07) is 0.450. The second-order valence-electron chi connectivity index (χ2n) is 3.78. The number of rotatable bonds is 1. The lowest BCUT2D eigenvalue weighted by atomic mass is 9.94. The summed E-state index contributed by atoms with van der Waals surface area (Å²) < 4.78 is 0. The molecule has 2 aliphatic rings. The summed E-state index contributed by atoms with van der Waals surface area (Å²) in [5.74, 6) is 2.61. The van der Waals surface area contributed by atoms with E-state index in [1.54, 1.807) is 0 Å². The van der Waals surface area contributed by atoms with Crippen LogP contribution < -0.4 is 0 Å². The van der Waals surface area contributed by atoms with Gasteiger partial charge < -0.3 is 5.21 Å². The first-order valence-electron chi connectivity index (χ1n) is 4.37. The van der Waals surface area contributed by atoms with Gasteiger partial charge in [0.25, 0.3) is 0 Å². The minimum absolute atomic E-state index is 0.450. The van der Waals surface area contributed by atoms with E-state index in [0.717, 1.165) is 37.0 Å². The van der Waals surface area contributed by atoms with Gasteiger partial charge in [-0.05, 0) is 36.9 Å². The van der Waals surface area contributed by atoms with Gasteiger partial charge in [-0.15, -0.1) is 0 Å². The van der Waals surface area contributed by atoms with Crippen LogP contribution in [0.25, 0.3) is 0 Å². The molecule has 2 unspecified atom stereocenters. The maximum absolute atomic E-state index is 9.42. The van der Waals surface area contributed by atoms with Crippen molar-refractivity contribution in [3.8, 4) is 0 Å². The molecule has 1 N–H and O–H groups in total. The molecule has 0 radical (unpaired) electrons. The van der Waals surface area contributed by atoms with Crippen molar-refractivity contribution in [3.05, 3.63) is 0 Å². The highest BCUT2D eigenvalue weighted by Gasteiger charge is 2.39. The predicted molar refractivity (Wildman–Crippen MR) is 47.0 cm³/mol. The molecule has 3 heteroatoms. The SMILES string of the molecule is ON1CC[C@@H]2CC1CC2CS. The summed E-state index contributed by atoms with van der Waals surface area (Å²) in [5.41, 5.74) is 0. The van der Waals surface area contributed by atoms with E-state index < -0.39 is 0 Å². The van der Waals surface area contributed by atoms with Crippen molar-refractivity contribution in [1.82, 2.24) is 5.06 Å². The van der Waals surface area contributed by atoms with Crippen LogP contribution >= 0.6 is 12.6 Å². The molecule has 2 rings (SSSR count). The molecule has 2 bridgehead atoms. The molecule has 0 aromatic heterocycles. The van der Waals surface area contributed by atoms with Gasteiger partial charge in [0.2, 0.25) is 0 Å². The molecule has 0 aromatic rings. The van der Waals surface area contributed by atoms with E-state index in [-0.39, 0.29) is 0 Å². The van der Waals surface area contributed by atoms with Crippen molar-refractivity contribution in [1.29, 1.82) is 0 Å². The van der Waals surface area contributed by atoms with Crippen molar-refractivity contribution in [2.24, 2.45) is 11.8 Å². The first-order chi connectivity index (χ1) is 5.31. The Bertz CT molecular complexity index is 153. The number of nitrogens with zero attached hydrogens (tertiary/aromatic N) is 1. The molecule has 64 valence electrons. The third-order valence-corrected chi connectivity index (χ3v) is 3.67. The fourth-order valence-electron chi connectivity index (χ4n) is 2.48. The maximum atomic E-state index is 9.42. The highest BCUT2D eigenvalue weighted by molar-refractivity contribution is 7.80. The molecule has 1 aliphatic carbocycles. The zero-order valence-corrected chi connectivity index (χ0v) is 7.50. The molecular formula is C8H15NOS. The van der Waals surface area contributed by atoms with E-state index in [4.69, 9.17) is 0 Å².